The first kappa shape index (κ1) is 19.4. The van der Waals surface area contributed by atoms with E-state index in [2.05, 4.69) is 21.2 Å². The zero-order valence-electron chi connectivity index (χ0n) is 15.0. The monoisotopic (exact) mass is 446 g/mol. The molecule has 0 unspecified atom stereocenters. The molecule has 0 atom stereocenters. The first-order valence-electron chi connectivity index (χ1n) is 8.43. The molecule has 27 heavy (non-hydrogen) atoms. The molecule has 1 aliphatic heterocycles. The van der Waals surface area contributed by atoms with Gasteiger partial charge in [-0.3, -0.25) is 9.69 Å². The molecule has 0 spiro atoms. The maximum Gasteiger partial charge on any atom is 0.276 e. The van der Waals surface area contributed by atoms with E-state index in [9.17, 15) is 4.79 Å². The van der Waals surface area contributed by atoms with Crippen LogP contribution in [0.3, 0.4) is 0 Å². The number of hydrogen-bond acceptors (Lipinski definition) is 4. The van der Waals surface area contributed by atoms with Crippen LogP contribution in [0.4, 0.5) is 0 Å². The number of nitrogens with one attached hydrogen (secondary N) is 1. The number of thiocarbonyl (C=S) groups is 1. The molecule has 1 N–H and O–H groups in total. The molecule has 0 aliphatic carbocycles. The number of amides is 1. The quantitative estimate of drug-likeness (QED) is 0.534. The predicted octanol–water partition coefficient (Wildman–Crippen LogP) is 4.11. The van der Waals surface area contributed by atoms with Gasteiger partial charge in [-0.1, -0.05) is 46.3 Å². The molecule has 0 aromatic heterocycles. The Labute approximate surface area is 172 Å². The van der Waals surface area contributed by atoms with E-state index in [4.69, 9.17) is 21.7 Å². The molecule has 1 amide bonds. The van der Waals surface area contributed by atoms with E-state index in [1.54, 1.807) is 13.1 Å². The van der Waals surface area contributed by atoms with Gasteiger partial charge in [-0.2, -0.15) is 0 Å². The molecule has 1 fully saturated rings. The molecular weight excluding hydrogens is 428 g/mol. The first-order valence-corrected chi connectivity index (χ1v) is 9.63. The topological polar surface area (TPSA) is 50.8 Å². The number of nitrogens with zero attached hydrogens (tertiary/aromatic N) is 1. The summed E-state index contributed by atoms with van der Waals surface area (Å²) in [6, 6.07) is 13.6. The third-order valence-electron chi connectivity index (χ3n) is 3.98. The largest absolute Gasteiger partial charge is 0.490 e. The SMILES string of the molecule is CCOc1cc(/C=C2\NC(=S)N(C)C2=O)c(Br)cc1OCc1ccccc1. The minimum Gasteiger partial charge on any atom is -0.490 e. The van der Waals surface area contributed by atoms with Crippen LogP contribution < -0.4 is 14.8 Å². The number of benzene rings is 2. The number of likely N-dealkylation sites (N-methyl/N-ethyl adjacent to an activating group) is 1. The van der Waals surface area contributed by atoms with E-state index in [1.807, 2.05) is 49.4 Å². The summed E-state index contributed by atoms with van der Waals surface area (Å²) < 4.78 is 12.5. The standard InChI is InChI=1S/C20H19BrN2O3S/c1-3-25-17-10-14(9-16-19(24)23(2)20(27)22-16)15(21)11-18(17)26-12-13-7-5-4-6-8-13/h4-11H,3,12H2,1-2H3,(H,22,27)/b16-9-. The van der Waals surface area contributed by atoms with Crippen molar-refractivity contribution in [2.45, 2.75) is 13.5 Å². The normalized spacial score (nSPS) is 15.2. The summed E-state index contributed by atoms with van der Waals surface area (Å²) in [6.07, 6.45) is 1.74. The highest BCUT2D eigenvalue weighted by Crippen LogP contribution is 2.35. The lowest BCUT2D eigenvalue weighted by molar-refractivity contribution is -0.121. The number of ether oxygens (including phenoxy) is 2. The van der Waals surface area contributed by atoms with Crippen LogP contribution in [-0.2, 0) is 11.4 Å². The van der Waals surface area contributed by atoms with Gasteiger partial charge in [0.25, 0.3) is 5.91 Å². The molecule has 7 heteroatoms. The summed E-state index contributed by atoms with van der Waals surface area (Å²) in [5.41, 5.74) is 2.28. The predicted molar refractivity (Wildman–Crippen MR) is 113 cm³/mol. The average Bonchev–Trinajstić information content (AvgIpc) is 2.91. The van der Waals surface area contributed by atoms with Gasteiger partial charge in [-0.15, -0.1) is 0 Å². The van der Waals surface area contributed by atoms with Crippen molar-refractivity contribution in [3.05, 3.63) is 63.8 Å². The van der Waals surface area contributed by atoms with Crippen LogP contribution in [-0.4, -0.2) is 29.6 Å². The van der Waals surface area contributed by atoms with Crippen molar-refractivity contribution in [3.8, 4) is 11.5 Å². The maximum absolute atomic E-state index is 12.2. The zero-order valence-corrected chi connectivity index (χ0v) is 17.4. The Kier molecular flexibility index (Phi) is 6.13. The number of halogens is 1. The Morgan fingerprint density at radius 1 is 1.19 bits per heavy atom. The van der Waals surface area contributed by atoms with Gasteiger partial charge in [0.15, 0.2) is 16.6 Å². The second-order valence-electron chi connectivity index (χ2n) is 5.88. The van der Waals surface area contributed by atoms with Gasteiger partial charge in [-0.25, -0.2) is 0 Å². The van der Waals surface area contributed by atoms with E-state index < -0.39 is 0 Å². The number of carbonyl (C=O) groups is 1. The molecule has 0 bridgehead atoms. The fourth-order valence-corrected chi connectivity index (χ4v) is 3.19. The molecule has 1 aliphatic rings. The van der Waals surface area contributed by atoms with E-state index in [-0.39, 0.29) is 5.91 Å². The van der Waals surface area contributed by atoms with E-state index >= 15 is 0 Å². The minimum atomic E-state index is -0.172. The van der Waals surface area contributed by atoms with Gasteiger partial charge in [0, 0.05) is 11.5 Å². The molecule has 2 aromatic rings. The molecule has 1 heterocycles. The Hall–Kier alpha value is -2.38. The molecule has 5 nitrogen and oxygen atoms in total. The lowest BCUT2D eigenvalue weighted by atomic mass is 10.1. The summed E-state index contributed by atoms with van der Waals surface area (Å²) >= 11 is 8.66. The van der Waals surface area contributed by atoms with Gasteiger partial charge in [-0.05, 0) is 48.5 Å². The van der Waals surface area contributed by atoms with Crippen LogP contribution in [0, 0.1) is 0 Å². The maximum atomic E-state index is 12.2. The highest BCUT2D eigenvalue weighted by Gasteiger charge is 2.27. The molecule has 3 rings (SSSR count). The van der Waals surface area contributed by atoms with Gasteiger partial charge >= 0.3 is 0 Å². The lowest BCUT2D eigenvalue weighted by Gasteiger charge is -2.14. The van der Waals surface area contributed by atoms with Crippen molar-refractivity contribution >= 4 is 45.2 Å². The molecule has 0 radical (unpaired) electrons. The van der Waals surface area contributed by atoms with Crippen molar-refractivity contribution in [2.75, 3.05) is 13.7 Å². The first-order chi connectivity index (χ1) is 13.0. The Bertz CT molecular complexity index is 900. The summed E-state index contributed by atoms with van der Waals surface area (Å²) in [5.74, 6) is 1.08. The van der Waals surface area contributed by atoms with Crippen LogP contribution in [0.2, 0.25) is 0 Å². The third-order valence-corrected chi connectivity index (χ3v) is 5.04. The van der Waals surface area contributed by atoms with Crippen molar-refractivity contribution in [1.82, 2.24) is 10.2 Å². The highest BCUT2D eigenvalue weighted by atomic mass is 79.9. The minimum absolute atomic E-state index is 0.172. The third kappa shape index (κ3) is 4.48. The van der Waals surface area contributed by atoms with Gasteiger partial charge < -0.3 is 14.8 Å². The summed E-state index contributed by atoms with van der Waals surface area (Å²) in [4.78, 5) is 13.6. The number of hydrogen-bond donors (Lipinski definition) is 1. The molecule has 0 saturated carbocycles. The van der Waals surface area contributed by atoms with Crippen LogP contribution >= 0.6 is 28.1 Å². The highest BCUT2D eigenvalue weighted by molar-refractivity contribution is 9.10. The second-order valence-corrected chi connectivity index (χ2v) is 7.12. The van der Waals surface area contributed by atoms with E-state index in [1.165, 1.54) is 4.90 Å². The van der Waals surface area contributed by atoms with E-state index in [0.29, 0.717) is 35.5 Å². The Morgan fingerprint density at radius 2 is 1.89 bits per heavy atom. The van der Waals surface area contributed by atoms with Crippen LogP contribution in [0.15, 0.2) is 52.6 Å². The number of rotatable bonds is 6. The smallest absolute Gasteiger partial charge is 0.276 e. The van der Waals surface area contributed by atoms with Crippen LogP contribution in [0.5, 0.6) is 11.5 Å². The van der Waals surface area contributed by atoms with Crippen molar-refractivity contribution in [3.63, 3.8) is 0 Å². The summed E-state index contributed by atoms with van der Waals surface area (Å²) in [6.45, 7) is 2.85. The van der Waals surface area contributed by atoms with Crippen LogP contribution in [0.1, 0.15) is 18.1 Å². The lowest BCUT2D eigenvalue weighted by Crippen LogP contribution is -2.25. The summed E-state index contributed by atoms with van der Waals surface area (Å²) in [5, 5.41) is 3.30. The Balaban J connectivity index is 1.88. The molecule has 1 saturated heterocycles. The second kappa shape index (κ2) is 8.54. The van der Waals surface area contributed by atoms with Crippen molar-refractivity contribution < 1.29 is 14.3 Å². The molecular formula is C20H19BrN2O3S. The Morgan fingerprint density at radius 3 is 2.52 bits per heavy atom. The molecule has 2 aromatic carbocycles. The summed E-state index contributed by atoms with van der Waals surface area (Å²) in [7, 11) is 1.64. The van der Waals surface area contributed by atoms with Gasteiger partial charge in [0.1, 0.15) is 12.3 Å². The fraction of sp³-hybridized carbons (Fsp3) is 0.200. The zero-order chi connectivity index (χ0) is 19.4. The van der Waals surface area contributed by atoms with Crippen molar-refractivity contribution in [1.29, 1.82) is 0 Å². The van der Waals surface area contributed by atoms with Crippen molar-refractivity contribution in [2.24, 2.45) is 0 Å². The van der Waals surface area contributed by atoms with Crippen LogP contribution in [0.25, 0.3) is 6.08 Å². The molecule has 140 valence electrons. The fourth-order valence-electron chi connectivity index (χ4n) is 2.56. The van der Waals surface area contributed by atoms with Gasteiger partial charge in [0.05, 0.1) is 6.61 Å². The number of carbonyl (C=O) groups excluding carboxylic acids is 1. The van der Waals surface area contributed by atoms with E-state index in [0.717, 1.165) is 15.6 Å². The van der Waals surface area contributed by atoms with Gasteiger partial charge in [0.2, 0.25) is 0 Å². The average molecular weight is 447 g/mol.